The molecule has 0 spiro atoms. The van der Waals surface area contributed by atoms with Crippen LogP contribution in [0.4, 0.5) is 0 Å². The van der Waals surface area contributed by atoms with Gasteiger partial charge in [0.05, 0.1) is 18.4 Å². The summed E-state index contributed by atoms with van der Waals surface area (Å²) in [6.45, 7) is 6.22. The molecule has 0 aliphatic rings. The molecule has 0 saturated heterocycles. The Kier molecular flexibility index (Phi) is 8.09. The maximum absolute atomic E-state index is 6.35. The second-order valence-corrected chi connectivity index (χ2v) is 10.6. The minimum Gasteiger partial charge on any atom is -0.509 e. The van der Waals surface area contributed by atoms with E-state index in [4.69, 9.17) is 14.6 Å². The summed E-state index contributed by atoms with van der Waals surface area (Å²) >= 11 is 0. The number of nitrogens with zero attached hydrogens (tertiary/aromatic N) is 4. The summed E-state index contributed by atoms with van der Waals surface area (Å²) in [4.78, 5) is 4.67. The van der Waals surface area contributed by atoms with Gasteiger partial charge in [-0.15, -0.1) is 35.7 Å². The van der Waals surface area contributed by atoms with Crippen molar-refractivity contribution in [3.63, 3.8) is 0 Å². The van der Waals surface area contributed by atoms with Crippen LogP contribution in [0.2, 0.25) is 0 Å². The van der Waals surface area contributed by atoms with Gasteiger partial charge in [0.2, 0.25) is 5.88 Å². The van der Waals surface area contributed by atoms with Crippen LogP contribution in [0.15, 0.2) is 97.2 Å². The Morgan fingerprint density at radius 2 is 1.61 bits per heavy atom. The summed E-state index contributed by atoms with van der Waals surface area (Å²) in [6.07, 6.45) is 2.83. The van der Waals surface area contributed by atoms with Crippen molar-refractivity contribution in [1.29, 1.82) is 0 Å². The fourth-order valence-electron chi connectivity index (χ4n) is 5.65. The van der Waals surface area contributed by atoms with Crippen LogP contribution in [0.5, 0.6) is 17.4 Å². The van der Waals surface area contributed by atoms with E-state index in [2.05, 4.69) is 90.1 Å². The summed E-state index contributed by atoms with van der Waals surface area (Å²) in [5, 5.41) is 7.04. The number of aryl methyl sites for hydroxylation is 3. The predicted octanol–water partition coefficient (Wildman–Crippen LogP) is 8.61. The van der Waals surface area contributed by atoms with Gasteiger partial charge in [-0.25, -0.2) is 9.67 Å². The molecule has 0 bridgehead atoms. The Morgan fingerprint density at radius 1 is 0.818 bits per heavy atom. The third kappa shape index (κ3) is 5.19. The van der Waals surface area contributed by atoms with Crippen molar-refractivity contribution >= 4 is 21.8 Å². The van der Waals surface area contributed by atoms with Gasteiger partial charge >= 0.3 is 20.4 Å². The molecule has 6 nitrogen and oxygen atoms in total. The Hall–Kier alpha value is -4.70. The number of ether oxygens (including phenoxy) is 2. The quantitative estimate of drug-likeness (QED) is 0.126. The van der Waals surface area contributed by atoms with E-state index in [0.29, 0.717) is 23.1 Å². The van der Waals surface area contributed by atoms with Gasteiger partial charge in [-0.2, -0.15) is 17.2 Å². The van der Waals surface area contributed by atoms with Crippen LogP contribution in [0.25, 0.3) is 44.4 Å². The van der Waals surface area contributed by atoms with Gasteiger partial charge in [0.15, 0.2) is 0 Å². The number of fused-ring (bicyclic) bond motifs is 3. The summed E-state index contributed by atoms with van der Waals surface area (Å²) in [5.74, 6) is 2.62. The van der Waals surface area contributed by atoms with Gasteiger partial charge in [-0.3, -0.25) is 0 Å². The first-order valence-electron chi connectivity index (χ1n) is 14.4. The standard InChI is InChI=1S/C37H30N4O2.Pd/c1-5-26-13-15-27(16-14-26)36-25(3)39-41(37(36)42-4)28-9-8-10-29(22-28)43-30-17-18-32-31-11-6-7-12-33(31)40(34(32)23-30)35-21-24(2)19-20-38-35;/h6-21H,5H2,1-4H3;/q-2;+2. The molecule has 0 fully saturated rings. The van der Waals surface area contributed by atoms with Gasteiger partial charge in [0.25, 0.3) is 0 Å². The molecule has 3 heterocycles. The van der Waals surface area contributed by atoms with E-state index in [9.17, 15) is 0 Å². The molecule has 0 N–H and O–H groups in total. The van der Waals surface area contributed by atoms with E-state index >= 15 is 0 Å². The molecule has 0 aliphatic heterocycles. The molecule has 7 heteroatoms. The molecule has 0 radical (unpaired) electrons. The van der Waals surface area contributed by atoms with Crippen molar-refractivity contribution in [2.75, 3.05) is 7.11 Å². The maximum Gasteiger partial charge on any atom is 2.00 e. The van der Waals surface area contributed by atoms with Crippen LogP contribution < -0.4 is 9.47 Å². The first kappa shape index (κ1) is 29.4. The van der Waals surface area contributed by atoms with Crippen LogP contribution in [-0.2, 0) is 26.8 Å². The van der Waals surface area contributed by atoms with Crippen molar-refractivity contribution < 1.29 is 29.9 Å². The number of benzene rings is 4. The first-order valence-corrected chi connectivity index (χ1v) is 14.4. The second-order valence-electron chi connectivity index (χ2n) is 10.6. The van der Waals surface area contributed by atoms with Gasteiger partial charge in [-0.1, -0.05) is 54.9 Å². The smallest absolute Gasteiger partial charge is 0.509 e. The van der Waals surface area contributed by atoms with Crippen molar-refractivity contribution in [1.82, 2.24) is 19.3 Å². The third-order valence-electron chi connectivity index (χ3n) is 7.75. The van der Waals surface area contributed by atoms with E-state index in [0.717, 1.165) is 56.4 Å². The van der Waals surface area contributed by atoms with Crippen LogP contribution >= 0.6 is 0 Å². The van der Waals surface area contributed by atoms with E-state index in [1.165, 1.54) is 5.56 Å². The molecule has 0 aliphatic carbocycles. The Labute approximate surface area is 270 Å². The van der Waals surface area contributed by atoms with Crippen molar-refractivity contribution in [3.8, 4) is 40.0 Å². The van der Waals surface area contributed by atoms with Crippen molar-refractivity contribution in [2.24, 2.45) is 0 Å². The normalized spacial score (nSPS) is 11.1. The fourth-order valence-corrected chi connectivity index (χ4v) is 5.65. The Morgan fingerprint density at radius 3 is 2.39 bits per heavy atom. The largest absolute Gasteiger partial charge is 2.00 e. The Bertz CT molecular complexity index is 2110. The van der Waals surface area contributed by atoms with E-state index < -0.39 is 0 Å². The molecule has 4 aromatic carbocycles. The molecule has 7 aromatic rings. The van der Waals surface area contributed by atoms with Gasteiger partial charge < -0.3 is 14.0 Å². The molecule has 3 aromatic heterocycles. The second kappa shape index (κ2) is 12.1. The average Bonchev–Trinajstić information content (AvgIpc) is 3.55. The van der Waals surface area contributed by atoms with Gasteiger partial charge in [-0.05, 0) is 66.2 Å². The molecule has 220 valence electrons. The van der Waals surface area contributed by atoms with E-state index in [1.54, 1.807) is 11.8 Å². The van der Waals surface area contributed by atoms with Crippen LogP contribution in [-0.4, -0.2) is 26.4 Å². The van der Waals surface area contributed by atoms with Crippen molar-refractivity contribution in [2.45, 2.75) is 27.2 Å². The monoisotopic (exact) mass is 668 g/mol. The molecular formula is C37H30N4O2Pd. The number of methoxy groups -OCH3 is 1. The number of aromatic nitrogens is 4. The zero-order valence-corrected chi connectivity index (χ0v) is 26.4. The number of hydrogen-bond donors (Lipinski definition) is 0. The van der Waals surface area contributed by atoms with Crippen LogP contribution in [0.3, 0.4) is 0 Å². The summed E-state index contributed by atoms with van der Waals surface area (Å²) in [5.41, 5.74) is 8.00. The minimum atomic E-state index is 0. The summed E-state index contributed by atoms with van der Waals surface area (Å²) in [7, 11) is 1.67. The molecule has 7 rings (SSSR count). The molecule has 0 saturated carbocycles. The topological polar surface area (TPSA) is 54.1 Å². The SMILES string of the molecule is CCc1ccc(-c2c(C)nn(-c3[c-]c(Oc4[c-]c5c(cc4)c4ccccc4n5-c4cc(C)ccn4)ccc3)c2OC)cc1.[Pd+2]. The van der Waals surface area contributed by atoms with Crippen LogP contribution in [0.1, 0.15) is 23.7 Å². The Balaban J connectivity index is 0.00000343. The van der Waals surface area contributed by atoms with Crippen LogP contribution in [0, 0.1) is 26.0 Å². The first-order chi connectivity index (χ1) is 21.0. The molecular weight excluding hydrogens is 639 g/mol. The number of para-hydroxylation sites is 1. The zero-order valence-electron chi connectivity index (χ0n) is 24.9. The maximum atomic E-state index is 6.35. The number of pyridine rings is 1. The number of rotatable bonds is 7. The number of hydrogen-bond acceptors (Lipinski definition) is 4. The van der Waals surface area contributed by atoms with Gasteiger partial charge in [0.1, 0.15) is 5.82 Å². The van der Waals surface area contributed by atoms with E-state index in [-0.39, 0.29) is 20.4 Å². The molecule has 0 amide bonds. The summed E-state index contributed by atoms with van der Waals surface area (Å²) < 4.78 is 16.2. The molecule has 44 heavy (non-hydrogen) atoms. The molecule has 0 atom stereocenters. The minimum absolute atomic E-state index is 0. The third-order valence-corrected chi connectivity index (χ3v) is 7.75. The molecule has 0 unspecified atom stereocenters. The predicted molar refractivity (Wildman–Crippen MR) is 171 cm³/mol. The fraction of sp³-hybridized carbons (Fsp3) is 0.135. The average molecular weight is 669 g/mol. The van der Waals surface area contributed by atoms with Gasteiger partial charge in [0, 0.05) is 23.2 Å². The van der Waals surface area contributed by atoms with E-state index in [1.807, 2.05) is 49.5 Å². The summed E-state index contributed by atoms with van der Waals surface area (Å²) in [6, 6.07) is 37.6. The zero-order chi connectivity index (χ0) is 29.5. The van der Waals surface area contributed by atoms with Crippen molar-refractivity contribution in [3.05, 3.63) is 126 Å².